The van der Waals surface area contributed by atoms with E-state index in [1.165, 1.54) is 0 Å². The summed E-state index contributed by atoms with van der Waals surface area (Å²) >= 11 is 0. The van der Waals surface area contributed by atoms with Crippen LogP contribution < -0.4 is 10.6 Å². The van der Waals surface area contributed by atoms with Gasteiger partial charge in [-0.3, -0.25) is 0 Å². The molecule has 0 radical (unpaired) electrons. The van der Waals surface area contributed by atoms with E-state index in [0.717, 1.165) is 38.7 Å². The van der Waals surface area contributed by atoms with Crippen LogP contribution in [0, 0.1) is 0 Å². The van der Waals surface area contributed by atoms with Crippen molar-refractivity contribution in [2.45, 2.75) is 43.8 Å². The minimum absolute atomic E-state index is 0.164. The summed E-state index contributed by atoms with van der Waals surface area (Å²) in [6.45, 7) is 1.71. The molecule has 16 heavy (non-hydrogen) atoms. The molecule has 1 unspecified atom stereocenters. The molecular weight excluding hydrogens is 208 g/mol. The molecule has 3 N–H and O–H groups in total. The summed E-state index contributed by atoms with van der Waals surface area (Å²) < 4.78 is 5.39. The van der Waals surface area contributed by atoms with Gasteiger partial charge in [0.05, 0.1) is 11.7 Å². The number of nitrogens with one attached hydrogen (secondary N) is 2. The van der Waals surface area contributed by atoms with Gasteiger partial charge in [0.15, 0.2) is 0 Å². The highest BCUT2D eigenvalue weighted by atomic mass is 16.5. The first-order valence-electron chi connectivity index (χ1n) is 6.04. The minimum Gasteiger partial charge on any atom is -0.388 e. The van der Waals surface area contributed by atoms with Crippen LogP contribution >= 0.6 is 0 Å². The largest absolute Gasteiger partial charge is 0.388 e. The first kappa shape index (κ1) is 11.7. The van der Waals surface area contributed by atoms with Crippen LogP contribution in [0.5, 0.6) is 0 Å². The molecule has 0 bridgehead atoms. The standard InChI is InChI=1S/C11H20N2O3/c14-10(12-7-9-3-1-6-16-9)13-8-11(15)4-2-5-11/h9,15H,1-8H2,(H2,12,13,14). The lowest BCUT2D eigenvalue weighted by molar-refractivity contribution is -0.0290. The third-order valence-electron chi connectivity index (χ3n) is 3.38. The molecular formula is C11H20N2O3. The molecule has 1 aliphatic carbocycles. The maximum absolute atomic E-state index is 11.4. The van der Waals surface area contributed by atoms with E-state index in [1.807, 2.05) is 0 Å². The molecule has 2 amide bonds. The summed E-state index contributed by atoms with van der Waals surface area (Å²) in [7, 11) is 0. The Balaban J connectivity index is 1.57. The second-order valence-corrected chi connectivity index (χ2v) is 4.78. The molecule has 1 atom stereocenters. The molecule has 1 heterocycles. The highest BCUT2D eigenvalue weighted by molar-refractivity contribution is 5.73. The molecule has 2 rings (SSSR count). The van der Waals surface area contributed by atoms with Gasteiger partial charge in [-0.25, -0.2) is 4.79 Å². The topological polar surface area (TPSA) is 70.6 Å². The number of rotatable bonds is 4. The van der Waals surface area contributed by atoms with Crippen LogP contribution in [0.15, 0.2) is 0 Å². The second kappa shape index (κ2) is 5.01. The smallest absolute Gasteiger partial charge is 0.314 e. The van der Waals surface area contributed by atoms with Gasteiger partial charge in [0, 0.05) is 19.7 Å². The molecule has 1 aliphatic heterocycles. The molecule has 5 nitrogen and oxygen atoms in total. The maximum atomic E-state index is 11.4. The van der Waals surface area contributed by atoms with E-state index in [-0.39, 0.29) is 12.1 Å². The van der Waals surface area contributed by atoms with Crippen molar-refractivity contribution in [1.82, 2.24) is 10.6 Å². The number of urea groups is 1. The lowest BCUT2D eigenvalue weighted by atomic mass is 9.80. The van der Waals surface area contributed by atoms with Crippen LogP contribution in [-0.4, -0.2) is 42.5 Å². The van der Waals surface area contributed by atoms with Gasteiger partial charge >= 0.3 is 6.03 Å². The molecule has 5 heteroatoms. The zero-order valence-electron chi connectivity index (χ0n) is 9.50. The molecule has 0 aromatic carbocycles. The summed E-state index contributed by atoms with van der Waals surface area (Å²) in [5, 5.41) is 15.2. The van der Waals surface area contributed by atoms with Crippen molar-refractivity contribution in [2.75, 3.05) is 19.7 Å². The Kier molecular flexibility index (Phi) is 3.66. The van der Waals surface area contributed by atoms with Gasteiger partial charge in [-0.15, -0.1) is 0 Å². The number of hydrogen-bond donors (Lipinski definition) is 3. The Morgan fingerprint density at radius 3 is 2.75 bits per heavy atom. The molecule has 2 aliphatic rings. The Labute approximate surface area is 95.5 Å². The van der Waals surface area contributed by atoms with Gasteiger partial charge in [-0.05, 0) is 32.1 Å². The van der Waals surface area contributed by atoms with Gasteiger partial charge in [-0.1, -0.05) is 0 Å². The Morgan fingerprint density at radius 1 is 1.38 bits per heavy atom. The fourth-order valence-corrected chi connectivity index (χ4v) is 2.08. The zero-order chi connectivity index (χ0) is 11.4. The van der Waals surface area contributed by atoms with Gasteiger partial charge < -0.3 is 20.5 Å². The fourth-order valence-electron chi connectivity index (χ4n) is 2.08. The normalized spacial score (nSPS) is 27.2. The van der Waals surface area contributed by atoms with Crippen LogP contribution in [-0.2, 0) is 4.74 Å². The van der Waals surface area contributed by atoms with Crippen LogP contribution in [0.2, 0.25) is 0 Å². The number of aliphatic hydroxyl groups is 1. The fraction of sp³-hybridized carbons (Fsp3) is 0.909. The molecule has 92 valence electrons. The Hall–Kier alpha value is -0.810. The quantitative estimate of drug-likeness (QED) is 0.651. The average molecular weight is 228 g/mol. The van der Waals surface area contributed by atoms with E-state index in [0.29, 0.717) is 13.1 Å². The first-order chi connectivity index (χ1) is 7.68. The Morgan fingerprint density at radius 2 is 2.19 bits per heavy atom. The van der Waals surface area contributed by atoms with Crippen molar-refractivity contribution in [1.29, 1.82) is 0 Å². The monoisotopic (exact) mass is 228 g/mol. The van der Waals surface area contributed by atoms with Crippen molar-refractivity contribution in [3.8, 4) is 0 Å². The summed E-state index contributed by atoms with van der Waals surface area (Å²) in [6, 6.07) is -0.212. The third-order valence-corrected chi connectivity index (χ3v) is 3.38. The molecule has 2 fully saturated rings. The summed E-state index contributed by atoms with van der Waals surface area (Å²) in [6.07, 6.45) is 4.89. The van der Waals surface area contributed by atoms with Crippen molar-refractivity contribution < 1.29 is 14.6 Å². The van der Waals surface area contributed by atoms with Crippen LogP contribution in [0.3, 0.4) is 0 Å². The molecule has 0 aromatic heterocycles. The summed E-state index contributed by atoms with van der Waals surface area (Å²) in [4.78, 5) is 11.4. The van der Waals surface area contributed by atoms with E-state index in [2.05, 4.69) is 10.6 Å². The van der Waals surface area contributed by atoms with Gasteiger partial charge in [-0.2, -0.15) is 0 Å². The third kappa shape index (κ3) is 3.09. The lowest BCUT2D eigenvalue weighted by Gasteiger charge is -2.36. The van der Waals surface area contributed by atoms with E-state index < -0.39 is 5.60 Å². The van der Waals surface area contributed by atoms with Crippen LogP contribution in [0.25, 0.3) is 0 Å². The number of carbonyl (C=O) groups is 1. The molecule has 1 saturated carbocycles. The maximum Gasteiger partial charge on any atom is 0.314 e. The second-order valence-electron chi connectivity index (χ2n) is 4.78. The number of hydrogen-bond acceptors (Lipinski definition) is 3. The highest BCUT2D eigenvalue weighted by Crippen LogP contribution is 2.30. The average Bonchev–Trinajstić information content (AvgIpc) is 2.73. The van der Waals surface area contributed by atoms with Crippen molar-refractivity contribution in [2.24, 2.45) is 0 Å². The van der Waals surface area contributed by atoms with Gasteiger partial charge in [0.2, 0.25) is 0 Å². The van der Waals surface area contributed by atoms with E-state index in [9.17, 15) is 9.90 Å². The van der Waals surface area contributed by atoms with Crippen molar-refractivity contribution in [3.05, 3.63) is 0 Å². The van der Waals surface area contributed by atoms with Crippen molar-refractivity contribution in [3.63, 3.8) is 0 Å². The minimum atomic E-state index is -0.652. The number of carbonyl (C=O) groups excluding carboxylic acids is 1. The molecule has 0 aromatic rings. The van der Waals surface area contributed by atoms with Crippen LogP contribution in [0.1, 0.15) is 32.1 Å². The summed E-state index contributed by atoms with van der Waals surface area (Å²) in [5.41, 5.74) is -0.652. The zero-order valence-corrected chi connectivity index (χ0v) is 9.50. The van der Waals surface area contributed by atoms with Crippen LogP contribution in [0.4, 0.5) is 4.79 Å². The molecule has 0 spiro atoms. The highest BCUT2D eigenvalue weighted by Gasteiger charge is 2.34. The van der Waals surface area contributed by atoms with E-state index in [1.54, 1.807) is 0 Å². The van der Waals surface area contributed by atoms with E-state index >= 15 is 0 Å². The van der Waals surface area contributed by atoms with Gasteiger partial charge in [0.25, 0.3) is 0 Å². The molecule has 1 saturated heterocycles. The SMILES string of the molecule is O=C(NCC1CCCO1)NCC1(O)CCC1. The van der Waals surface area contributed by atoms with Crippen molar-refractivity contribution >= 4 is 6.03 Å². The number of amides is 2. The van der Waals surface area contributed by atoms with Gasteiger partial charge in [0.1, 0.15) is 0 Å². The first-order valence-corrected chi connectivity index (χ1v) is 6.04. The predicted molar refractivity (Wildman–Crippen MR) is 59.2 cm³/mol. The number of ether oxygens (including phenoxy) is 1. The Bertz CT molecular complexity index is 248. The lowest BCUT2D eigenvalue weighted by Crippen LogP contribution is -2.50. The predicted octanol–water partition coefficient (Wildman–Crippen LogP) is 0.380. The summed E-state index contributed by atoms with van der Waals surface area (Å²) in [5.74, 6) is 0. The van der Waals surface area contributed by atoms with E-state index in [4.69, 9.17) is 4.74 Å².